The van der Waals surface area contributed by atoms with Crippen LogP contribution in [-0.2, 0) is 11.9 Å². The Hall–Kier alpha value is -1.33. The van der Waals surface area contributed by atoms with E-state index in [0.717, 1.165) is 17.7 Å². The van der Waals surface area contributed by atoms with Crippen LogP contribution in [0.3, 0.4) is 0 Å². The highest BCUT2D eigenvalue weighted by molar-refractivity contribution is 9.08. The lowest BCUT2D eigenvalue weighted by atomic mass is 10.2. The summed E-state index contributed by atoms with van der Waals surface area (Å²) in [6.45, 7) is 0.0565. The van der Waals surface area contributed by atoms with Crippen molar-refractivity contribution in [2.24, 2.45) is 0 Å². The predicted molar refractivity (Wildman–Crippen MR) is 81.3 cm³/mol. The summed E-state index contributed by atoms with van der Waals surface area (Å²) in [6.07, 6.45) is 0. The molecule has 0 aliphatic carbocycles. The highest BCUT2D eigenvalue weighted by atomic mass is 79.9. The first-order chi connectivity index (χ1) is 10.0. The minimum atomic E-state index is -0.913. The second kappa shape index (κ2) is 7.09. The number of hydrogen-bond donors (Lipinski definition) is 0. The van der Waals surface area contributed by atoms with Crippen LogP contribution in [0, 0.1) is 11.6 Å². The molecule has 0 aliphatic heterocycles. The van der Waals surface area contributed by atoms with E-state index >= 15 is 0 Å². The van der Waals surface area contributed by atoms with Crippen molar-refractivity contribution in [3.05, 3.63) is 58.1 Å². The first-order valence-corrected chi connectivity index (χ1v) is 7.54. The fraction of sp³-hybridized carbons (Fsp3) is 0.200. The number of hydrogen-bond acceptors (Lipinski definition) is 2. The van der Waals surface area contributed by atoms with Crippen molar-refractivity contribution in [2.75, 3.05) is 7.11 Å². The highest BCUT2D eigenvalue weighted by Gasteiger charge is 2.12. The van der Waals surface area contributed by atoms with Crippen molar-refractivity contribution in [3.8, 4) is 11.5 Å². The number of methoxy groups -OCH3 is 1. The van der Waals surface area contributed by atoms with E-state index in [0.29, 0.717) is 27.4 Å². The smallest absolute Gasteiger partial charge is 0.180 e. The number of alkyl halides is 1. The average Bonchev–Trinajstić information content (AvgIpc) is 2.48. The summed E-state index contributed by atoms with van der Waals surface area (Å²) in [5, 5.41) is 1.03. The third-order valence-corrected chi connectivity index (χ3v) is 3.74. The van der Waals surface area contributed by atoms with Gasteiger partial charge in [0.2, 0.25) is 0 Å². The molecular weight excluding hydrogens is 366 g/mol. The molecule has 0 saturated carbocycles. The molecule has 0 spiro atoms. The van der Waals surface area contributed by atoms with Crippen LogP contribution in [0.4, 0.5) is 8.78 Å². The molecule has 112 valence electrons. The van der Waals surface area contributed by atoms with E-state index in [-0.39, 0.29) is 6.61 Å². The van der Waals surface area contributed by atoms with Crippen molar-refractivity contribution in [1.82, 2.24) is 0 Å². The molecule has 0 heterocycles. The molecule has 0 aromatic heterocycles. The van der Waals surface area contributed by atoms with Crippen LogP contribution >= 0.6 is 27.5 Å². The number of halogens is 4. The van der Waals surface area contributed by atoms with Crippen LogP contribution in [0.5, 0.6) is 11.5 Å². The molecule has 0 aliphatic rings. The monoisotopic (exact) mass is 376 g/mol. The third kappa shape index (κ3) is 3.86. The molecule has 0 atom stereocenters. The molecule has 0 saturated heterocycles. The van der Waals surface area contributed by atoms with Gasteiger partial charge >= 0.3 is 0 Å². The molecule has 21 heavy (non-hydrogen) atoms. The average molecular weight is 378 g/mol. The Bertz CT molecular complexity index is 650. The molecule has 0 amide bonds. The maximum Gasteiger partial charge on any atom is 0.180 e. The summed E-state index contributed by atoms with van der Waals surface area (Å²) in [4.78, 5) is 0. The lowest BCUT2D eigenvalue weighted by Crippen LogP contribution is -2.00. The number of benzene rings is 2. The van der Waals surface area contributed by atoms with Crippen LogP contribution in [0.1, 0.15) is 11.1 Å². The van der Waals surface area contributed by atoms with E-state index in [2.05, 4.69) is 15.9 Å². The topological polar surface area (TPSA) is 18.5 Å². The second-order valence-corrected chi connectivity index (χ2v) is 5.25. The lowest BCUT2D eigenvalue weighted by Gasteiger charge is -2.13. The van der Waals surface area contributed by atoms with E-state index in [9.17, 15) is 8.78 Å². The molecule has 2 aromatic rings. The molecule has 0 radical (unpaired) electrons. The van der Waals surface area contributed by atoms with Crippen molar-refractivity contribution >= 4 is 27.5 Å². The zero-order chi connectivity index (χ0) is 15.4. The minimum Gasteiger partial charge on any atom is -0.493 e. The summed E-state index contributed by atoms with van der Waals surface area (Å²) in [7, 11) is 1.51. The van der Waals surface area contributed by atoms with Gasteiger partial charge in [0.15, 0.2) is 23.1 Å². The fourth-order valence-corrected chi connectivity index (χ4v) is 2.39. The van der Waals surface area contributed by atoms with Gasteiger partial charge in [0.25, 0.3) is 0 Å². The SMILES string of the molecule is COc1cc(CBr)cc(Cl)c1OCc1ccc(F)c(F)c1. The maximum absolute atomic E-state index is 13.1. The normalized spacial score (nSPS) is 10.5. The summed E-state index contributed by atoms with van der Waals surface area (Å²) in [5.74, 6) is -0.951. The summed E-state index contributed by atoms with van der Waals surface area (Å²) in [6, 6.07) is 7.13. The van der Waals surface area contributed by atoms with Gasteiger partial charge in [-0.2, -0.15) is 0 Å². The zero-order valence-electron chi connectivity index (χ0n) is 11.1. The molecule has 2 nitrogen and oxygen atoms in total. The van der Waals surface area contributed by atoms with Gasteiger partial charge in [-0.05, 0) is 35.4 Å². The first-order valence-electron chi connectivity index (χ1n) is 6.04. The van der Waals surface area contributed by atoms with Gasteiger partial charge in [0, 0.05) is 5.33 Å². The van der Waals surface area contributed by atoms with E-state index in [4.69, 9.17) is 21.1 Å². The highest BCUT2D eigenvalue weighted by Crippen LogP contribution is 2.37. The Labute approximate surface area is 134 Å². The molecule has 0 fully saturated rings. The van der Waals surface area contributed by atoms with Crippen molar-refractivity contribution < 1.29 is 18.3 Å². The first kappa shape index (κ1) is 16.0. The number of ether oxygens (including phenoxy) is 2. The van der Waals surface area contributed by atoms with Crippen LogP contribution in [0.2, 0.25) is 5.02 Å². The van der Waals surface area contributed by atoms with Crippen molar-refractivity contribution in [2.45, 2.75) is 11.9 Å². The van der Waals surface area contributed by atoms with Crippen molar-refractivity contribution in [3.63, 3.8) is 0 Å². The number of rotatable bonds is 5. The van der Waals surface area contributed by atoms with E-state index < -0.39 is 11.6 Å². The quantitative estimate of drug-likeness (QED) is 0.675. The maximum atomic E-state index is 13.1. The summed E-state index contributed by atoms with van der Waals surface area (Å²) >= 11 is 9.49. The molecule has 2 aromatic carbocycles. The van der Waals surface area contributed by atoms with Gasteiger partial charge in [0.1, 0.15) is 6.61 Å². The van der Waals surface area contributed by atoms with Gasteiger partial charge in [-0.25, -0.2) is 8.78 Å². The zero-order valence-corrected chi connectivity index (χ0v) is 13.5. The second-order valence-electron chi connectivity index (χ2n) is 4.28. The Balaban J connectivity index is 2.21. The molecule has 6 heteroatoms. The Morgan fingerprint density at radius 3 is 2.48 bits per heavy atom. The van der Waals surface area contributed by atoms with E-state index in [1.54, 1.807) is 12.1 Å². The lowest BCUT2D eigenvalue weighted by molar-refractivity contribution is 0.284. The van der Waals surface area contributed by atoms with Crippen LogP contribution < -0.4 is 9.47 Å². The largest absolute Gasteiger partial charge is 0.493 e. The Morgan fingerprint density at radius 1 is 1.10 bits per heavy atom. The third-order valence-electron chi connectivity index (χ3n) is 2.81. The summed E-state index contributed by atoms with van der Waals surface area (Å²) < 4.78 is 36.8. The van der Waals surface area contributed by atoms with Gasteiger partial charge in [-0.1, -0.05) is 33.6 Å². The summed E-state index contributed by atoms with van der Waals surface area (Å²) in [5.41, 5.74) is 1.44. The van der Waals surface area contributed by atoms with Crippen LogP contribution in [-0.4, -0.2) is 7.11 Å². The molecule has 0 bridgehead atoms. The van der Waals surface area contributed by atoms with Gasteiger partial charge < -0.3 is 9.47 Å². The van der Waals surface area contributed by atoms with Gasteiger partial charge in [-0.3, -0.25) is 0 Å². The van der Waals surface area contributed by atoms with Gasteiger partial charge in [0.05, 0.1) is 12.1 Å². The molecule has 0 N–H and O–H groups in total. The molecule has 2 rings (SSSR count). The van der Waals surface area contributed by atoms with Crippen molar-refractivity contribution in [1.29, 1.82) is 0 Å². The van der Waals surface area contributed by atoms with Crippen LogP contribution in [0.15, 0.2) is 30.3 Å². The molecule has 0 unspecified atom stereocenters. The Morgan fingerprint density at radius 2 is 1.86 bits per heavy atom. The fourth-order valence-electron chi connectivity index (χ4n) is 1.78. The predicted octanol–water partition coefficient (Wildman–Crippen LogP) is 5.10. The van der Waals surface area contributed by atoms with E-state index in [1.807, 2.05) is 0 Å². The minimum absolute atomic E-state index is 0.0565. The van der Waals surface area contributed by atoms with Crippen LogP contribution in [0.25, 0.3) is 0 Å². The van der Waals surface area contributed by atoms with Gasteiger partial charge in [-0.15, -0.1) is 0 Å². The van der Waals surface area contributed by atoms with E-state index in [1.165, 1.54) is 13.2 Å². The molecular formula is C15H12BrClF2O2. The standard InChI is InChI=1S/C15H12BrClF2O2/c1-20-14-6-10(7-16)4-11(17)15(14)21-8-9-2-3-12(18)13(19)5-9/h2-6H,7-8H2,1H3. The Kier molecular flexibility index (Phi) is 5.42.